The molecule has 2 saturated carbocycles. The number of piperidine rings is 1. The molecule has 192 valence electrons. The molecule has 3 fully saturated rings. The van der Waals surface area contributed by atoms with Crippen molar-refractivity contribution >= 4 is 34.7 Å². The molecule has 5 rings (SSSR count). The Hall–Kier alpha value is -3.11. The fourth-order valence-corrected chi connectivity index (χ4v) is 6.96. The molecule has 1 amide bonds. The lowest BCUT2D eigenvalue weighted by molar-refractivity contribution is -0.181. The topological polar surface area (TPSA) is 158 Å². The van der Waals surface area contributed by atoms with Crippen LogP contribution in [0.25, 0.3) is 0 Å². The van der Waals surface area contributed by atoms with Crippen LogP contribution in [0.1, 0.15) is 41.6 Å². The molecule has 3 aliphatic carbocycles. The molecular weight excluding hydrogens is 466 g/mol. The maximum Gasteiger partial charge on any atom is 0.235 e. The molecule has 3 unspecified atom stereocenters. The van der Waals surface area contributed by atoms with Gasteiger partial charge in [-0.3, -0.25) is 28.9 Å². The number of hydrogen-bond donors (Lipinski definition) is 3. The zero-order chi connectivity index (χ0) is 26.1. The van der Waals surface area contributed by atoms with Crippen molar-refractivity contribution in [3.8, 4) is 5.75 Å². The van der Waals surface area contributed by atoms with E-state index in [2.05, 4.69) is 0 Å². The minimum atomic E-state index is -2.70. The van der Waals surface area contributed by atoms with Crippen LogP contribution >= 0.6 is 0 Å². The minimum absolute atomic E-state index is 0.0460. The van der Waals surface area contributed by atoms with Crippen molar-refractivity contribution in [2.45, 2.75) is 43.7 Å². The summed E-state index contributed by atoms with van der Waals surface area (Å²) in [6.07, 6.45) is 3.36. The van der Waals surface area contributed by atoms with Gasteiger partial charge >= 0.3 is 0 Å². The van der Waals surface area contributed by atoms with Crippen molar-refractivity contribution in [3.63, 3.8) is 0 Å². The number of Topliss-reactive ketones (excluding diaryl/α,β-unsaturated/α-hetero) is 4. The molecule has 4 aliphatic rings. The van der Waals surface area contributed by atoms with Gasteiger partial charge in [-0.2, -0.15) is 0 Å². The number of hydrogen-bond acceptors (Lipinski definition) is 9. The van der Waals surface area contributed by atoms with Gasteiger partial charge in [-0.25, -0.2) is 0 Å². The fourth-order valence-electron chi connectivity index (χ4n) is 6.96. The number of phenolic OH excluding ortho intramolecular Hbond substituents is 1. The number of benzene rings is 1. The number of primary amides is 1. The van der Waals surface area contributed by atoms with Crippen LogP contribution in [-0.4, -0.2) is 83.0 Å². The third kappa shape index (κ3) is 3.27. The van der Waals surface area contributed by atoms with Crippen LogP contribution in [-0.2, 0) is 25.6 Å². The first-order chi connectivity index (χ1) is 17.0. The fraction of sp³-hybridized carbons (Fsp3) is 0.577. The van der Waals surface area contributed by atoms with E-state index < -0.39 is 64.4 Å². The smallest absolute Gasteiger partial charge is 0.235 e. The van der Waals surface area contributed by atoms with Crippen molar-refractivity contribution in [2.75, 3.05) is 32.1 Å². The standard InChI is InChI=1S/C26H31N3O7/c1-28(2)19-14-11-13-10-12-6-7-15(29-8-4-3-5-9-29)20(30)16(12)21(31)17(13)23(33)26(14,36)24(34)18(22(19)32)25(27)35/h6-7,13-14,17-19,30,36H,3-5,8-11H2,1-2H3,(H2,27,35)/t13-,14-,17?,18?,19?,26+/m1/s1. The Kier molecular flexibility index (Phi) is 5.79. The van der Waals surface area contributed by atoms with Gasteiger partial charge in [0.2, 0.25) is 5.91 Å². The Morgan fingerprint density at radius 3 is 2.36 bits per heavy atom. The van der Waals surface area contributed by atoms with Gasteiger partial charge in [-0.05, 0) is 63.7 Å². The predicted octanol–water partition coefficient (Wildman–Crippen LogP) is -0.143. The van der Waals surface area contributed by atoms with Crippen LogP contribution in [0, 0.1) is 23.7 Å². The van der Waals surface area contributed by atoms with Crippen molar-refractivity contribution in [3.05, 3.63) is 23.3 Å². The van der Waals surface area contributed by atoms with E-state index in [9.17, 15) is 34.2 Å². The van der Waals surface area contributed by atoms with Crippen LogP contribution in [0.4, 0.5) is 5.69 Å². The lowest BCUT2D eigenvalue weighted by Crippen LogP contribution is -2.74. The number of fused-ring (bicyclic) bond motifs is 3. The second kappa shape index (κ2) is 8.48. The largest absolute Gasteiger partial charge is 0.505 e. The summed E-state index contributed by atoms with van der Waals surface area (Å²) in [7, 11) is 3.13. The van der Waals surface area contributed by atoms with E-state index in [1.54, 1.807) is 26.2 Å². The van der Waals surface area contributed by atoms with Gasteiger partial charge in [0.15, 0.2) is 34.7 Å². The zero-order valence-electron chi connectivity index (χ0n) is 20.4. The number of rotatable bonds is 3. The zero-order valence-corrected chi connectivity index (χ0v) is 20.4. The number of anilines is 1. The number of aliphatic hydroxyl groups is 1. The first kappa shape index (κ1) is 24.6. The van der Waals surface area contributed by atoms with Gasteiger partial charge in [0, 0.05) is 19.0 Å². The molecular formula is C26H31N3O7. The normalized spacial score (nSPS) is 34.3. The SMILES string of the molecule is CN(C)C1C(=O)C(C(N)=O)C(=O)[C@@]2(O)C(=O)C3C(=O)c4c(ccc(N5CCCCC5)c4O)C[C@@H]3C[C@H]12. The molecule has 1 saturated heterocycles. The van der Waals surface area contributed by atoms with E-state index in [0.29, 0.717) is 11.3 Å². The first-order valence-electron chi connectivity index (χ1n) is 12.4. The highest BCUT2D eigenvalue weighted by Crippen LogP contribution is 2.51. The molecule has 10 nitrogen and oxygen atoms in total. The van der Waals surface area contributed by atoms with Crippen molar-refractivity contribution in [2.24, 2.45) is 29.4 Å². The number of amides is 1. The average molecular weight is 498 g/mol. The number of aromatic hydroxyl groups is 1. The van der Waals surface area contributed by atoms with Crippen LogP contribution in [0.2, 0.25) is 0 Å². The minimum Gasteiger partial charge on any atom is -0.505 e. The number of nitrogens with two attached hydrogens (primary N) is 1. The number of carbonyl (C=O) groups excluding carboxylic acids is 5. The molecule has 0 spiro atoms. The first-order valence-corrected chi connectivity index (χ1v) is 12.4. The van der Waals surface area contributed by atoms with E-state index in [1.165, 1.54) is 4.90 Å². The Bertz CT molecular complexity index is 1190. The molecule has 0 radical (unpaired) electrons. The summed E-state index contributed by atoms with van der Waals surface area (Å²) in [5, 5.41) is 22.7. The summed E-state index contributed by atoms with van der Waals surface area (Å²) in [4.78, 5) is 69.5. The Morgan fingerprint density at radius 2 is 1.75 bits per heavy atom. The third-order valence-corrected chi connectivity index (χ3v) is 8.61. The molecule has 0 bridgehead atoms. The summed E-state index contributed by atoms with van der Waals surface area (Å²) in [6, 6.07) is 2.49. The number of likely N-dealkylation sites (N-methyl/N-ethyl adjacent to an activating group) is 1. The summed E-state index contributed by atoms with van der Waals surface area (Å²) in [6.45, 7) is 1.49. The Balaban J connectivity index is 1.59. The second-order valence-corrected chi connectivity index (χ2v) is 10.8. The van der Waals surface area contributed by atoms with E-state index in [4.69, 9.17) is 5.73 Å². The number of nitrogens with zero attached hydrogens (tertiary/aromatic N) is 2. The van der Waals surface area contributed by atoms with Crippen molar-refractivity contribution in [1.29, 1.82) is 0 Å². The van der Waals surface area contributed by atoms with Gasteiger partial charge in [0.05, 0.1) is 23.2 Å². The van der Waals surface area contributed by atoms with Crippen LogP contribution in [0.15, 0.2) is 12.1 Å². The van der Waals surface area contributed by atoms with Gasteiger partial charge in [-0.15, -0.1) is 0 Å². The maximum absolute atomic E-state index is 13.8. The van der Waals surface area contributed by atoms with Gasteiger partial charge in [-0.1, -0.05) is 6.07 Å². The van der Waals surface area contributed by atoms with Crippen LogP contribution in [0.5, 0.6) is 5.75 Å². The number of phenols is 1. The highest BCUT2D eigenvalue weighted by molar-refractivity contribution is 6.32. The number of carbonyl (C=O) groups is 5. The molecule has 1 heterocycles. The third-order valence-electron chi connectivity index (χ3n) is 8.61. The maximum atomic E-state index is 13.8. The van der Waals surface area contributed by atoms with Gasteiger partial charge in [0.1, 0.15) is 5.75 Å². The molecule has 1 aromatic rings. The quantitative estimate of drug-likeness (QED) is 0.483. The molecule has 6 atom stereocenters. The summed E-state index contributed by atoms with van der Waals surface area (Å²) < 4.78 is 0. The van der Waals surface area contributed by atoms with E-state index in [1.807, 2.05) is 4.90 Å². The summed E-state index contributed by atoms with van der Waals surface area (Å²) in [5.74, 6) is -10.1. The second-order valence-electron chi connectivity index (χ2n) is 10.8. The number of ketones is 4. The van der Waals surface area contributed by atoms with Crippen molar-refractivity contribution < 1.29 is 34.2 Å². The molecule has 1 aliphatic heterocycles. The molecule has 0 aromatic heterocycles. The summed E-state index contributed by atoms with van der Waals surface area (Å²) in [5.41, 5.74) is 3.82. The lowest BCUT2D eigenvalue weighted by Gasteiger charge is -2.52. The Morgan fingerprint density at radius 1 is 1.08 bits per heavy atom. The predicted molar refractivity (Wildman–Crippen MR) is 127 cm³/mol. The monoisotopic (exact) mass is 497 g/mol. The van der Waals surface area contributed by atoms with Gasteiger partial charge < -0.3 is 20.8 Å². The molecule has 10 heteroatoms. The molecule has 4 N–H and O–H groups in total. The Labute approximate surface area is 208 Å². The van der Waals surface area contributed by atoms with Crippen molar-refractivity contribution in [1.82, 2.24) is 4.90 Å². The van der Waals surface area contributed by atoms with Crippen LogP contribution in [0.3, 0.4) is 0 Å². The average Bonchev–Trinajstić information content (AvgIpc) is 2.81. The van der Waals surface area contributed by atoms with E-state index >= 15 is 0 Å². The summed E-state index contributed by atoms with van der Waals surface area (Å²) >= 11 is 0. The highest BCUT2D eigenvalue weighted by Gasteiger charge is 2.69. The van der Waals surface area contributed by atoms with E-state index in [-0.39, 0.29) is 24.2 Å². The lowest BCUT2D eigenvalue weighted by atomic mass is 9.52. The highest BCUT2D eigenvalue weighted by atomic mass is 16.3. The van der Waals surface area contributed by atoms with Crippen LogP contribution < -0.4 is 10.6 Å². The molecule has 1 aromatic carbocycles. The van der Waals surface area contributed by atoms with Gasteiger partial charge in [0.25, 0.3) is 0 Å². The molecule has 36 heavy (non-hydrogen) atoms. The van der Waals surface area contributed by atoms with E-state index in [0.717, 1.165) is 32.4 Å².